The lowest BCUT2D eigenvalue weighted by Gasteiger charge is -2.29. The third-order valence-electron chi connectivity index (χ3n) is 6.79. The number of nitrogens with one attached hydrogen (secondary N) is 1. The number of pyridine rings is 1. The van der Waals surface area contributed by atoms with Crippen molar-refractivity contribution in [3.8, 4) is 0 Å². The Bertz CT molecular complexity index is 856. The maximum Gasteiger partial charge on any atom is 0.244 e. The molecule has 0 aromatic carbocycles. The van der Waals surface area contributed by atoms with Gasteiger partial charge in [-0.25, -0.2) is 13.4 Å². The SMILES string of the molecule is C[C@H](Sc1ccc(S(=O)(=O)N2CCOCC2)cn1)C(=O)N[C@@H](C)[C@@H]1C[C@H]2CC[C@H]1C2. The Hall–Kier alpha value is -1.16. The second-order valence-electron chi connectivity index (χ2n) is 8.74. The van der Waals surface area contributed by atoms with Crippen LogP contribution in [0.1, 0.15) is 39.5 Å². The Kier molecular flexibility index (Phi) is 6.72. The zero-order valence-electron chi connectivity index (χ0n) is 17.6. The van der Waals surface area contributed by atoms with E-state index in [1.54, 1.807) is 12.1 Å². The first-order valence-electron chi connectivity index (χ1n) is 10.9. The lowest BCUT2D eigenvalue weighted by Crippen LogP contribution is -2.43. The van der Waals surface area contributed by atoms with Gasteiger partial charge >= 0.3 is 0 Å². The van der Waals surface area contributed by atoms with E-state index >= 15 is 0 Å². The summed E-state index contributed by atoms with van der Waals surface area (Å²) in [5, 5.41) is 3.56. The van der Waals surface area contributed by atoms with E-state index in [-0.39, 0.29) is 22.1 Å². The highest BCUT2D eigenvalue weighted by molar-refractivity contribution is 8.00. The van der Waals surface area contributed by atoms with Gasteiger partial charge in [0.05, 0.1) is 23.5 Å². The van der Waals surface area contributed by atoms with Crippen LogP contribution in [0.15, 0.2) is 28.3 Å². The summed E-state index contributed by atoms with van der Waals surface area (Å²) in [5.41, 5.74) is 0. The van der Waals surface area contributed by atoms with Crippen LogP contribution >= 0.6 is 11.8 Å². The first-order valence-corrected chi connectivity index (χ1v) is 13.2. The van der Waals surface area contributed by atoms with Crippen LogP contribution in [-0.2, 0) is 19.6 Å². The van der Waals surface area contributed by atoms with Crippen molar-refractivity contribution in [2.75, 3.05) is 26.3 Å². The molecular weight excluding hydrogens is 422 g/mol. The molecule has 1 saturated heterocycles. The minimum absolute atomic E-state index is 0.0158. The number of rotatable bonds is 7. The van der Waals surface area contributed by atoms with Crippen LogP contribution in [0.2, 0.25) is 0 Å². The number of nitrogens with zero attached hydrogens (tertiary/aromatic N) is 2. The van der Waals surface area contributed by atoms with Crippen LogP contribution in [0.3, 0.4) is 0 Å². The van der Waals surface area contributed by atoms with Crippen molar-refractivity contribution in [1.82, 2.24) is 14.6 Å². The van der Waals surface area contributed by atoms with Gasteiger partial charge in [-0.3, -0.25) is 4.79 Å². The number of hydrogen-bond acceptors (Lipinski definition) is 6. The normalized spacial score (nSPS) is 28.9. The molecule has 166 valence electrons. The molecule has 30 heavy (non-hydrogen) atoms. The second kappa shape index (κ2) is 9.14. The van der Waals surface area contributed by atoms with Crippen LogP contribution in [-0.4, -0.2) is 61.2 Å². The summed E-state index contributed by atoms with van der Waals surface area (Å²) in [4.78, 5) is 17.2. The predicted octanol–water partition coefficient (Wildman–Crippen LogP) is 2.52. The van der Waals surface area contributed by atoms with E-state index in [1.165, 1.54) is 47.9 Å². The number of carbonyl (C=O) groups is 1. The van der Waals surface area contributed by atoms with Gasteiger partial charge in [-0.1, -0.05) is 18.2 Å². The Morgan fingerprint density at radius 3 is 2.60 bits per heavy atom. The number of ether oxygens (including phenoxy) is 1. The smallest absolute Gasteiger partial charge is 0.244 e. The maximum atomic E-state index is 12.7. The van der Waals surface area contributed by atoms with Crippen LogP contribution in [0.5, 0.6) is 0 Å². The van der Waals surface area contributed by atoms with Crippen LogP contribution < -0.4 is 5.32 Å². The fourth-order valence-corrected chi connectivity index (χ4v) is 7.27. The average Bonchev–Trinajstić information content (AvgIpc) is 3.38. The largest absolute Gasteiger partial charge is 0.379 e. The number of sulfonamides is 1. The van der Waals surface area contributed by atoms with E-state index in [0.717, 1.165) is 11.8 Å². The molecule has 2 saturated carbocycles. The molecule has 1 N–H and O–H groups in total. The lowest BCUT2D eigenvalue weighted by molar-refractivity contribution is -0.121. The molecule has 2 bridgehead atoms. The fraction of sp³-hybridized carbons (Fsp3) is 0.714. The standard InChI is InChI=1S/C21H31N3O4S2/c1-14(19-12-16-3-4-17(19)11-16)23-21(25)15(2)29-20-6-5-18(13-22-20)30(26,27)24-7-9-28-10-8-24/h5-6,13-17,19H,3-4,7-12H2,1-2H3,(H,23,25)/t14-,15-,16-,17-,19-/m0/s1. The van der Waals surface area contributed by atoms with Crippen molar-refractivity contribution < 1.29 is 17.9 Å². The van der Waals surface area contributed by atoms with Gasteiger partial charge in [-0.15, -0.1) is 0 Å². The molecule has 0 unspecified atom stereocenters. The molecule has 3 aliphatic rings. The molecule has 1 aliphatic heterocycles. The van der Waals surface area contributed by atoms with Gasteiger partial charge in [0.2, 0.25) is 15.9 Å². The van der Waals surface area contributed by atoms with Crippen molar-refractivity contribution in [1.29, 1.82) is 0 Å². The number of morpholine rings is 1. The molecule has 9 heteroatoms. The van der Waals surface area contributed by atoms with Gasteiger partial charge in [-0.2, -0.15) is 4.31 Å². The van der Waals surface area contributed by atoms with Gasteiger partial charge in [0.1, 0.15) is 4.90 Å². The monoisotopic (exact) mass is 453 g/mol. The summed E-state index contributed by atoms with van der Waals surface area (Å²) in [6.07, 6.45) is 6.63. The third kappa shape index (κ3) is 4.69. The van der Waals surface area contributed by atoms with Gasteiger partial charge in [-0.05, 0) is 63.0 Å². The van der Waals surface area contributed by atoms with E-state index in [0.29, 0.717) is 37.2 Å². The van der Waals surface area contributed by atoms with Crippen molar-refractivity contribution in [3.63, 3.8) is 0 Å². The van der Waals surface area contributed by atoms with Crippen molar-refractivity contribution >= 4 is 27.7 Å². The van der Waals surface area contributed by atoms with Crippen LogP contribution in [0.4, 0.5) is 0 Å². The number of thioether (sulfide) groups is 1. The topological polar surface area (TPSA) is 88.6 Å². The lowest BCUT2D eigenvalue weighted by atomic mass is 9.84. The predicted molar refractivity (Wildman–Crippen MR) is 116 cm³/mol. The van der Waals surface area contributed by atoms with Crippen LogP contribution in [0.25, 0.3) is 0 Å². The van der Waals surface area contributed by atoms with Crippen molar-refractivity contribution in [2.24, 2.45) is 17.8 Å². The molecule has 1 aromatic rings. The number of aromatic nitrogens is 1. The molecule has 0 radical (unpaired) electrons. The Labute approximate surface area is 183 Å². The molecular formula is C21H31N3O4S2. The third-order valence-corrected chi connectivity index (χ3v) is 9.72. The number of fused-ring (bicyclic) bond motifs is 2. The molecule has 2 aliphatic carbocycles. The molecule has 3 fully saturated rings. The zero-order valence-corrected chi connectivity index (χ0v) is 19.3. The molecule has 0 spiro atoms. The summed E-state index contributed by atoms with van der Waals surface area (Å²) >= 11 is 1.35. The highest BCUT2D eigenvalue weighted by atomic mass is 32.2. The first-order chi connectivity index (χ1) is 14.3. The fourth-order valence-electron chi connectivity index (χ4n) is 5.11. The van der Waals surface area contributed by atoms with Crippen LogP contribution in [0, 0.1) is 17.8 Å². The van der Waals surface area contributed by atoms with E-state index in [9.17, 15) is 13.2 Å². The molecule has 7 nitrogen and oxygen atoms in total. The molecule has 5 atom stereocenters. The number of carbonyl (C=O) groups excluding carboxylic acids is 1. The number of hydrogen-bond donors (Lipinski definition) is 1. The summed E-state index contributed by atoms with van der Waals surface area (Å²) in [6, 6.07) is 3.45. The van der Waals surface area contributed by atoms with E-state index in [2.05, 4.69) is 17.2 Å². The average molecular weight is 454 g/mol. The number of amides is 1. The van der Waals surface area contributed by atoms with E-state index in [4.69, 9.17) is 4.74 Å². The summed E-state index contributed by atoms with van der Waals surface area (Å²) in [5.74, 6) is 2.26. The quantitative estimate of drug-likeness (QED) is 0.638. The molecule has 2 heterocycles. The van der Waals surface area contributed by atoms with Crippen molar-refractivity contribution in [3.05, 3.63) is 18.3 Å². The summed E-state index contributed by atoms with van der Waals surface area (Å²) in [6.45, 7) is 5.53. The van der Waals surface area contributed by atoms with Gasteiger partial charge in [0.15, 0.2) is 0 Å². The highest BCUT2D eigenvalue weighted by Crippen LogP contribution is 2.49. The van der Waals surface area contributed by atoms with Gasteiger partial charge in [0.25, 0.3) is 0 Å². The zero-order chi connectivity index (χ0) is 21.3. The Morgan fingerprint density at radius 2 is 2.00 bits per heavy atom. The second-order valence-corrected chi connectivity index (χ2v) is 12.0. The highest BCUT2D eigenvalue weighted by Gasteiger charge is 2.42. The Balaban J connectivity index is 1.31. The summed E-state index contributed by atoms with van der Waals surface area (Å²) < 4.78 is 32.0. The summed E-state index contributed by atoms with van der Waals surface area (Å²) in [7, 11) is -3.55. The molecule has 1 amide bonds. The van der Waals surface area contributed by atoms with Crippen molar-refractivity contribution in [2.45, 2.75) is 60.7 Å². The minimum Gasteiger partial charge on any atom is -0.379 e. The van der Waals surface area contributed by atoms with Gasteiger partial charge < -0.3 is 10.1 Å². The maximum absolute atomic E-state index is 12.7. The molecule has 1 aromatic heterocycles. The van der Waals surface area contributed by atoms with E-state index in [1.807, 2.05) is 6.92 Å². The molecule has 4 rings (SSSR count). The Morgan fingerprint density at radius 1 is 1.23 bits per heavy atom. The van der Waals surface area contributed by atoms with Gasteiger partial charge in [0, 0.05) is 25.3 Å². The minimum atomic E-state index is -3.55. The van der Waals surface area contributed by atoms with E-state index < -0.39 is 10.0 Å². The first kappa shape index (κ1) is 22.0.